The predicted octanol–water partition coefficient (Wildman–Crippen LogP) is 4.06. The van der Waals surface area contributed by atoms with Crippen molar-refractivity contribution in [1.82, 2.24) is 5.32 Å². The molecule has 96 valence electrons. The maximum Gasteiger partial charge on any atom is 0.0730 e. The summed E-state index contributed by atoms with van der Waals surface area (Å²) >= 11 is 5.43. The number of hydrogen-bond donors (Lipinski definition) is 1. The summed E-state index contributed by atoms with van der Waals surface area (Å²) < 4.78 is 7.84. The van der Waals surface area contributed by atoms with Crippen molar-refractivity contribution in [2.24, 2.45) is 0 Å². The molecule has 1 aromatic carbocycles. The maximum atomic E-state index is 5.36. The third-order valence-corrected chi connectivity index (χ3v) is 4.96. The Morgan fingerprint density at radius 1 is 1.44 bits per heavy atom. The maximum absolute atomic E-state index is 5.36. The molecule has 0 atom stereocenters. The molecule has 1 saturated carbocycles. The zero-order chi connectivity index (χ0) is 12.5. The summed E-state index contributed by atoms with van der Waals surface area (Å²) in [5.74, 6) is 0. The molecule has 4 heteroatoms. The van der Waals surface area contributed by atoms with Gasteiger partial charge in [0.15, 0.2) is 0 Å². The van der Waals surface area contributed by atoms with E-state index in [1.165, 1.54) is 33.4 Å². The number of benzene rings is 1. The van der Waals surface area contributed by atoms with Gasteiger partial charge in [-0.1, -0.05) is 15.9 Å². The van der Waals surface area contributed by atoms with E-state index in [0.29, 0.717) is 6.61 Å². The smallest absolute Gasteiger partial charge is 0.0730 e. The van der Waals surface area contributed by atoms with Gasteiger partial charge in [-0.3, -0.25) is 0 Å². The summed E-state index contributed by atoms with van der Waals surface area (Å²) in [4.78, 5) is 1.41. The summed E-state index contributed by atoms with van der Waals surface area (Å²) in [6.45, 7) is 1.67. The lowest BCUT2D eigenvalue weighted by atomic mass is 10.1. The lowest BCUT2D eigenvalue weighted by molar-refractivity contribution is 0.185. The van der Waals surface area contributed by atoms with Gasteiger partial charge in [0.25, 0.3) is 0 Å². The highest BCUT2D eigenvalue weighted by Gasteiger charge is 2.21. The molecule has 2 aromatic rings. The molecule has 0 saturated heterocycles. The molecule has 0 bridgehead atoms. The Kier molecular flexibility index (Phi) is 3.71. The minimum Gasteiger partial charge on any atom is -0.380 e. The number of nitrogens with one attached hydrogen (secondary N) is 1. The van der Waals surface area contributed by atoms with Crippen LogP contribution in [0.1, 0.15) is 23.3 Å². The first kappa shape index (κ1) is 12.6. The first-order valence-electron chi connectivity index (χ1n) is 6.20. The van der Waals surface area contributed by atoms with Gasteiger partial charge in [0.05, 0.1) is 6.61 Å². The van der Waals surface area contributed by atoms with Crippen molar-refractivity contribution < 1.29 is 4.74 Å². The van der Waals surface area contributed by atoms with Crippen LogP contribution in [-0.4, -0.2) is 13.2 Å². The molecule has 0 aliphatic heterocycles. The van der Waals surface area contributed by atoms with Crippen LogP contribution in [0.5, 0.6) is 0 Å². The highest BCUT2D eigenvalue weighted by molar-refractivity contribution is 9.10. The van der Waals surface area contributed by atoms with Crippen molar-refractivity contribution in [2.75, 3.05) is 7.11 Å². The zero-order valence-corrected chi connectivity index (χ0v) is 12.7. The summed E-state index contributed by atoms with van der Waals surface area (Å²) in [5, 5.41) is 4.91. The fourth-order valence-corrected chi connectivity index (χ4v) is 3.64. The second kappa shape index (κ2) is 5.29. The average Bonchev–Trinajstić information content (AvgIpc) is 3.13. The summed E-state index contributed by atoms with van der Waals surface area (Å²) in [6, 6.07) is 7.23. The van der Waals surface area contributed by atoms with Gasteiger partial charge in [0.1, 0.15) is 0 Å². The van der Waals surface area contributed by atoms with Crippen LogP contribution in [0.2, 0.25) is 0 Å². The van der Waals surface area contributed by atoms with Crippen LogP contribution in [0.3, 0.4) is 0 Å². The molecule has 2 nitrogen and oxygen atoms in total. The van der Waals surface area contributed by atoms with E-state index in [0.717, 1.165) is 17.1 Å². The van der Waals surface area contributed by atoms with E-state index in [2.05, 4.69) is 39.4 Å². The number of fused-ring (bicyclic) bond motifs is 1. The van der Waals surface area contributed by atoms with Crippen LogP contribution in [0.25, 0.3) is 10.1 Å². The average molecular weight is 326 g/mol. The lowest BCUT2D eigenvalue weighted by Gasteiger charge is -2.05. The van der Waals surface area contributed by atoms with Crippen LogP contribution >= 0.6 is 27.3 Å². The number of hydrogen-bond acceptors (Lipinski definition) is 3. The van der Waals surface area contributed by atoms with Crippen LogP contribution in [0, 0.1) is 0 Å². The molecule has 1 N–H and O–H groups in total. The van der Waals surface area contributed by atoms with E-state index in [-0.39, 0.29) is 0 Å². The van der Waals surface area contributed by atoms with Crippen LogP contribution in [0.4, 0.5) is 0 Å². The van der Waals surface area contributed by atoms with Gasteiger partial charge in [0, 0.05) is 39.3 Å². The molecule has 1 aliphatic carbocycles. The molecule has 0 radical (unpaired) electrons. The Bertz CT molecular complexity index is 562. The summed E-state index contributed by atoms with van der Waals surface area (Å²) in [6.07, 6.45) is 2.66. The van der Waals surface area contributed by atoms with Crippen LogP contribution in [-0.2, 0) is 17.9 Å². The molecule has 0 amide bonds. The van der Waals surface area contributed by atoms with Gasteiger partial charge < -0.3 is 10.1 Å². The first-order valence-corrected chi connectivity index (χ1v) is 7.81. The number of rotatable bonds is 5. The monoisotopic (exact) mass is 325 g/mol. The third-order valence-electron chi connectivity index (χ3n) is 3.25. The van der Waals surface area contributed by atoms with E-state index >= 15 is 0 Å². The Morgan fingerprint density at radius 3 is 3.00 bits per heavy atom. The van der Waals surface area contributed by atoms with Crippen LogP contribution in [0.15, 0.2) is 22.7 Å². The van der Waals surface area contributed by atoms with Crippen molar-refractivity contribution in [3.8, 4) is 0 Å². The lowest BCUT2D eigenvalue weighted by Crippen LogP contribution is -2.15. The largest absolute Gasteiger partial charge is 0.380 e. The molecule has 3 rings (SSSR count). The molecular weight excluding hydrogens is 310 g/mol. The highest BCUT2D eigenvalue weighted by atomic mass is 79.9. The summed E-state index contributed by atoms with van der Waals surface area (Å²) in [7, 11) is 1.76. The first-order chi connectivity index (χ1) is 8.78. The quantitative estimate of drug-likeness (QED) is 0.895. The van der Waals surface area contributed by atoms with Gasteiger partial charge >= 0.3 is 0 Å². The van der Waals surface area contributed by atoms with Gasteiger partial charge in [-0.15, -0.1) is 11.3 Å². The molecule has 1 aliphatic rings. The van der Waals surface area contributed by atoms with E-state index in [9.17, 15) is 0 Å². The van der Waals surface area contributed by atoms with Gasteiger partial charge in [-0.05, 0) is 36.4 Å². The van der Waals surface area contributed by atoms with E-state index in [1.54, 1.807) is 7.11 Å². The normalized spacial score (nSPS) is 15.4. The Balaban J connectivity index is 1.96. The number of methoxy groups -OCH3 is 1. The molecule has 0 spiro atoms. The molecule has 1 heterocycles. The fourth-order valence-electron chi connectivity index (χ4n) is 2.14. The highest BCUT2D eigenvalue weighted by Crippen LogP contribution is 2.34. The third kappa shape index (κ3) is 2.62. The molecule has 1 fully saturated rings. The molecule has 18 heavy (non-hydrogen) atoms. The second-order valence-electron chi connectivity index (χ2n) is 4.73. The number of ether oxygens (including phenoxy) is 1. The van der Waals surface area contributed by atoms with Crippen molar-refractivity contribution in [2.45, 2.75) is 32.0 Å². The Labute approximate surface area is 119 Å². The number of halogens is 1. The molecule has 0 unspecified atom stereocenters. The van der Waals surface area contributed by atoms with Crippen molar-refractivity contribution in [3.05, 3.63) is 33.1 Å². The zero-order valence-electron chi connectivity index (χ0n) is 10.3. The minimum atomic E-state index is 0.693. The van der Waals surface area contributed by atoms with Crippen molar-refractivity contribution >= 4 is 37.4 Å². The van der Waals surface area contributed by atoms with Crippen LogP contribution < -0.4 is 5.32 Å². The van der Waals surface area contributed by atoms with E-state index < -0.39 is 0 Å². The Morgan fingerprint density at radius 2 is 2.28 bits per heavy atom. The Hall–Kier alpha value is -0.420. The van der Waals surface area contributed by atoms with Crippen molar-refractivity contribution in [3.63, 3.8) is 0 Å². The van der Waals surface area contributed by atoms with Crippen molar-refractivity contribution in [1.29, 1.82) is 0 Å². The van der Waals surface area contributed by atoms with Gasteiger partial charge in [-0.2, -0.15) is 0 Å². The standard InChI is InChI=1S/C14H16BrNOS/c1-17-8-12-11-6-9(15)2-5-13(11)18-14(12)7-16-10-3-4-10/h2,5-6,10,16H,3-4,7-8H2,1H3. The van der Waals surface area contributed by atoms with E-state index in [1.807, 2.05) is 11.3 Å². The second-order valence-corrected chi connectivity index (χ2v) is 6.78. The number of thiophene rings is 1. The predicted molar refractivity (Wildman–Crippen MR) is 80.1 cm³/mol. The van der Waals surface area contributed by atoms with Gasteiger partial charge in [-0.25, -0.2) is 0 Å². The fraction of sp³-hybridized carbons (Fsp3) is 0.429. The minimum absolute atomic E-state index is 0.693. The topological polar surface area (TPSA) is 21.3 Å². The van der Waals surface area contributed by atoms with Gasteiger partial charge in [0.2, 0.25) is 0 Å². The van der Waals surface area contributed by atoms with E-state index in [4.69, 9.17) is 4.74 Å². The summed E-state index contributed by atoms with van der Waals surface area (Å²) in [5.41, 5.74) is 1.34. The molecular formula is C14H16BrNOS. The SMILES string of the molecule is COCc1c(CNC2CC2)sc2ccc(Br)cc12. The molecule has 1 aromatic heterocycles.